The fraction of sp³-hybridized carbons (Fsp3) is 0.353. The topological polar surface area (TPSA) is 51.0 Å². The number of nitrogens with zero attached hydrogens (tertiary/aromatic N) is 4. The van der Waals surface area contributed by atoms with Crippen molar-refractivity contribution in [2.75, 3.05) is 6.54 Å². The van der Waals surface area contributed by atoms with Crippen molar-refractivity contribution in [1.29, 1.82) is 0 Å². The lowest BCUT2D eigenvalue weighted by Gasteiger charge is -2.23. The molecule has 0 bridgehead atoms. The van der Waals surface area contributed by atoms with Crippen LogP contribution >= 0.6 is 0 Å². The predicted molar refractivity (Wildman–Crippen MR) is 84.8 cm³/mol. The first-order valence-corrected chi connectivity index (χ1v) is 7.72. The van der Waals surface area contributed by atoms with E-state index in [1.54, 1.807) is 35.3 Å². The predicted octanol–water partition coefficient (Wildman–Crippen LogP) is 2.51. The first-order valence-electron chi connectivity index (χ1n) is 7.72. The third-order valence-corrected chi connectivity index (χ3v) is 4.17. The summed E-state index contributed by atoms with van der Waals surface area (Å²) >= 11 is 0. The van der Waals surface area contributed by atoms with Crippen LogP contribution in [0.4, 0.5) is 4.39 Å². The van der Waals surface area contributed by atoms with Crippen LogP contribution in [0.25, 0.3) is 5.57 Å². The number of likely N-dealkylation sites (tertiary alicyclic amines) is 1. The van der Waals surface area contributed by atoms with Crippen molar-refractivity contribution < 1.29 is 9.18 Å². The van der Waals surface area contributed by atoms with Gasteiger partial charge in [0.15, 0.2) is 0 Å². The molecule has 0 radical (unpaired) electrons. The van der Waals surface area contributed by atoms with Gasteiger partial charge in [0, 0.05) is 18.8 Å². The number of hydrogen-bond donors (Lipinski definition) is 0. The highest BCUT2D eigenvalue weighted by Crippen LogP contribution is 2.21. The van der Waals surface area contributed by atoms with Gasteiger partial charge in [-0.05, 0) is 43.0 Å². The van der Waals surface area contributed by atoms with Crippen molar-refractivity contribution in [2.45, 2.75) is 32.4 Å². The van der Waals surface area contributed by atoms with E-state index in [1.807, 2.05) is 11.8 Å². The third-order valence-electron chi connectivity index (χ3n) is 4.17. The fourth-order valence-electron chi connectivity index (χ4n) is 2.93. The zero-order valence-corrected chi connectivity index (χ0v) is 13.0. The monoisotopic (exact) mass is 314 g/mol. The molecular formula is C17H19FN4O. The smallest absolute Gasteiger partial charge is 0.247 e. The lowest BCUT2D eigenvalue weighted by Crippen LogP contribution is -2.37. The van der Waals surface area contributed by atoms with Crippen LogP contribution in [0, 0.1) is 5.82 Å². The van der Waals surface area contributed by atoms with Gasteiger partial charge in [0.1, 0.15) is 5.82 Å². The van der Waals surface area contributed by atoms with Crippen molar-refractivity contribution in [3.05, 3.63) is 54.1 Å². The molecule has 0 N–H and O–H groups in total. The minimum Gasteiger partial charge on any atom is -0.334 e. The van der Waals surface area contributed by atoms with Crippen LogP contribution in [-0.4, -0.2) is 38.4 Å². The SMILES string of the molecule is C/C(=C\C(=O)N1CCC[C@H]1Cn1ccnn1)c1ccc(F)cc1. The standard InChI is InChI=1S/C17H19FN4O/c1-13(14-4-6-15(18)7-5-14)11-17(23)22-9-2-3-16(22)12-21-10-8-19-20-21/h4-8,10-11,16H,2-3,9,12H2,1H3/b13-11+/t16-/m0/s1. The summed E-state index contributed by atoms with van der Waals surface area (Å²) in [5.41, 5.74) is 1.69. The Morgan fingerprint density at radius 1 is 1.39 bits per heavy atom. The second-order valence-corrected chi connectivity index (χ2v) is 5.79. The number of benzene rings is 1. The molecule has 2 aromatic rings. The van der Waals surface area contributed by atoms with Crippen molar-refractivity contribution in [3.8, 4) is 0 Å². The quantitative estimate of drug-likeness (QED) is 0.815. The molecule has 1 aromatic heterocycles. The van der Waals surface area contributed by atoms with Crippen LogP contribution in [0.5, 0.6) is 0 Å². The molecule has 2 heterocycles. The van der Waals surface area contributed by atoms with Gasteiger partial charge < -0.3 is 4.90 Å². The van der Waals surface area contributed by atoms with Gasteiger partial charge in [-0.2, -0.15) is 0 Å². The first kappa shape index (κ1) is 15.4. The number of hydrogen-bond acceptors (Lipinski definition) is 3. The van der Waals surface area contributed by atoms with E-state index in [2.05, 4.69) is 10.3 Å². The van der Waals surface area contributed by atoms with Gasteiger partial charge >= 0.3 is 0 Å². The second kappa shape index (κ2) is 6.73. The maximum absolute atomic E-state index is 13.0. The summed E-state index contributed by atoms with van der Waals surface area (Å²) < 4.78 is 14.7. The average molecular weight is 314 g/mol. The lowest BCUT2D eigenvalue weighted by molar-refractivity contribution is -0.127. The molecule has 1 saturated heterocycles. The molecule has 0 unspecified atom stereocenters. The van der Waals surface area contributed by atoms with Crippen LogP contribution < -0.4 is 0 Å². The number of amides is 1. The van der Waals surface area contributed by atoms with Gasteiger partial charge in [-0.15, -0.1) is 5.10 Å². The molecule has 1 aliphatic heterocycles. The Balaban J connectivity index is 1.71. The number of aromatic nitrogens is 3. The number of carbonyl (C=O) groups excluding carboxylic acids is 1. The third kappa shape index (κ3) is 3.64. The van der Waals surface area contributed by atoms with E-state index in [1.165, 1.54) is 12.1 Å². The fourth-order valence-corrected chi connectivity index (χ4v) is 2.93. The first-order chi connectivity index (χ1) is 11.1. The summed E-state index contributed by atoms with van der Waals surface area (Å²) in [6, 6.07) is 6.32. The number of allylic oxidation sites excluding steroid dienone is 1. The zero-order valence-electron chi connectivity index (χ0n) is 13.0. The van der Waals surface area contributed by atoms with Crippen molar-refractivity contribution in [2.24, 2.45) is 0 Å². The van der Waals surface area contributed by atoms with Crippen LogP contribution in [0.2, 0.25) is 0 Å². The Kier molecular flexibility index (Phi) is 4.50. The van der Waals surface area contributed by atoms with E-state index in [-0.39, 0.29) is 17.8 Å². The Hall–Kier alpha value is -2.50. The van der Waals surface area contributed by atoms with E-state index in [9.17, 15) is 9.18 Å². The molecule has 1 aliphatic rings. The largest absolute Gasteiger partial charge is 0.334 e. The zero-order chi connectivity index (χ0) is 16.2. The highest BCUT2D eigenvalue weighted by atomic mass is 19.1. The summed E-state index contributed by atoms with van der Waals surface area (Å²) in [6.45, 7) is 3.29. The minimum absolute atomic E-state index is 0.00515. The molecule has 6 heteroatoms. The highest BCUT2D eigenvalue weighted by Gasteiger charge is 2.28. The summed E-state index contributed by atoms with van der Waals surface area (Å²) in [5.74, 6) is -0.283. The van der Waals surface area contributed by atoms with Crippen molar-refractivity contribution in [3.63, 3.8) is 0 Å². The Labute approximate surface area is 134 Å². The van der Waals surface area contributed by atoms with Crippen LogP contribution in [0.1, 0.15) is 25.3 Å². The van der Waals surface area contributed by atoms with Crippen molar-refractivity contribution >= 4 is 11.5 Å². The van der Waals surface area contributed by atoms with Gasteiger partial charge in [0.05, 0.1) is 18.8 Å². The molecule has 120 valence electrons. The maximum atomic E-state index is 13.0. The molecule has 1 amide bonds. The molecule has 1 aromatic carbocycles. The van der Waals surface area contributed by atoms with Gasteiger partial charge in [-0.3, -0.25) is 9.48 Å². The minimum atomic E-state index is -0.277. The van der Waals surface area contributed by atoms with E-state index >= 15 is 0 Å². The normalized spacial score (nSPS) is 18.4. The molecule has 23 heavy (non-hydrogen) atoms. The summed E-state index contributed by atoms with van der Waals surface area (Å²) in [5, 5.41) is 7.76. The Bertz CT molecular complexity index is 694. The molecule has 0 saturated carbocycles. The average Bonchev–Trinajstić information content (AvgIpc) is 3.20. The van der Waals surface area contributed by atoms with Crippen LogP contribution in [0.15, 0.2) is 42.7 Å². The Morgan fingerprint density at radius 3 is 2.87 bits per heavy atom. The molecule has 1 atom stereocenters. The van der Waals surface area contributed by atoms with Gasteiger partial charge in [0.25, 0.3) is 0 Å². The van der Waals surface area contributed by atoms with E-state index in [4.69, 9.17) is 0 Å². The van der Waals surface area contributed by atoms with Crippen LogP contribution in [0.3, 0.4) is 0 Å². The van der Waals surface area contributed by atoms with Crippen molar-refractivity contribution in [1.82, 2.24) is 19.9 Å². The number of rotatable bonds is 4. The van der Waals surface area contributed by atoms with Gasteiger partial charge in [-0.25, -0.2) is 4.39 Å². The molecular weight excluding hydrogens is 295 g/mol. The van der Waals surface area contributed by atoms with Gasteiger partial charge in [-0.1, -0.05) is 17.3 Å². The summed E-state index contributed by atoms with van der Waals surface area (Å²) in [4.78, 5) is 14.4. The van der Waals surface area contributed by atoms with Gasteiger partial charge in [0.2, 0.25) is 5.91 Å². The van der Waals surface area contributed by atoms with Crippen LogP contribution in [-0.2, 0) is 11.3 Å². The molecule has 0 spiro atoms. The highest BCUT2D eigenvalue weighted by molar-refractivity contribution is 5.95. The maximum Gasteiger partial charge on any atom is 0.247 e. The lowest BCUT2D eigenvalue weighted by atomic mass is 10.1. The second-order valence-electron chi connectivity index (χ2n) is 5.79. The molecule has 3 rings (SSSR count). The van der Waals surface area contributed by atoms with E-state index in [0.717, 1.165) is 30.5 Å². The summed E-state index contributed by atoms with van der Waals surface area (Å²) in [6.07, 6.45) is 7.04. The van der Waals surface area contributed by atoms with E-state index < -0.39 is 0 Å². The number of carbonyl (C=O) groups is 1. The number of halogens is 1. The van der Waals surface area contributed by atoms with E-state index in [0.29, 0.717) is 6.54 Å². The summed E-state index contributed by atoms with van der Waals surface area (Å²) in [7, 11) is 0. The molecule has 0 aliphatic carbocycles. The molecule has 1 fully saturated rings. The Morgan fingerprint density at radius 2 is 2.17 bits per heavy atom. The molecule has 5 nitrogen and oxygen atoms in total.